The van der Waals surface area contributed by atoms with Gasteiger partial charge in [-0.2, -0.15) is 0 Å². The van der Waals surface area contributed by atoms with Crippen LogP contribution in [0.25, 0.3) is 0 Å². The molecule has 0 aliphatic heterocycles. The Balaban J connectivity index is 2.29. The van der Waals surface area contributed by atoms with Crippen molar-refractivity contribution in [3.8, 4) is 0 Å². The van der Waals surface area contributed by atoms with Gasteiger partial charge in [0.2, 0.25) is 0 Å². The summed E-state index contributed by atoms with van der Waals surface area (Å²) >= 11 is 0. The second-order valence-electron chi connectivity index (χ2n) is 4.93. The van der Waals surface area contributed by atoms with Gasteiger partial charge in [-0.15, -0.1) is 0 Å². The molecule has 0 saturated heterocycles. The summed E-state index contributed by atoms with van der Waals surface area (Å²) in [5, 5.41) is 12.7. The molecule has 0 fully saturated rings. The van der Waals surface area contributed by atoms with E-state index in [0.29, 0.717) is 31.2 Å². The molecule has 18 heavy (non-hydrogen) atoms. The predicted molar refractivity (Wildman–Crippen MR) is 71.3 cm³/mol. The summed E-state index contributed by atoms with van der Waals surface area (Å²) < 4.78 is 18.4. The molecule has 0 heterocycles. The van der Waals surface area contributed by atoms with Crippen molar-refractivity contribution in [1.82, 2.24) is 0 Å². The number of benzene rings is 1. The number of aliphatic hydroxyl groups is 1. The molecule has 0 saturated carbocycles. The maximum Gasteiger partial charge on any atom is 0.126 e. The zero-order valence-electron chi connectivity index (χ0n) is 11.2. The Morgan fingerprint density at radius 2 is 2.06 bits per heavy atom. The van der Waals surface area contributed by atoms with Crippen molar-refractivity contribution < 1.29 is 14.2 Å². The van der Waals surface area contributed by atoms with Crippen molar-refractivity contribution in [2.75, 3.05) is 25.1 Å². The van der Waals surface area contributed by atoms with Gasteiger partial charge in [-0.05, 0) is 36.6 Å². The van der Waals surface area contributed by atoms with Crippen LogP contribution in [0.2, 0.25) is 0 Å². The van der Waals surface area contributed by atoms with Crippen LogP contribution in [0.5, 0.6) is 0 Å². The quantitative estimate of drug-likeness (QED) is 0.787. The summed E-state index contributed by atoms with van der Waals surface area (Å²) in [7, 11) is 0. The second-order valence-corrected chi connectivity index (χ2v) is 4.93. The van der Waals surface area contributed by atoms with Crippen molar-refractivity contribution in [3.05, 3.63) is 29.6 Å². The number of aliphatic hydroxyl groups excluding tert-OH is 1. The van der Waals surface area contributed by atoms with Gasteiger partial charge in [-0.3, -0.25) is 0 Å². The molecule has 0 amide bonds. The topological polar surface area (TPSA) is 41.5 Å². The van der Waals surface area contributed by atoms with Gasteiger partial charge in [0.15, 0.2) is 0 Å². The van der Waals surface area contributed by atoms with Gasteiger partial charge in [-0.25, -0.2) is 4.39 Å². The predicted octanol–water partition coefficient (Wildman–Crippen LogP) is 2.58. The van der Waals surface area contributed by atoms with Crippen molar-refractivity contribution >= 4 is 5.69 Å². The lowest BCUT2D eigenvalue weighted by atomic mass is 10.2. The molecule has 0 radical (unpaired) electrons. The first kappa shape index (κ1) is 14.9. The molecular formula is C14H22FNO2. The van der Waals surface area contributed by atoms with E-state index < -0.39 is 6.10 Å². The third kappa shape index (κ3) is 5.47. The van der Waals surface area contributed by atoms with E-state index in [2.05, 4.69) is 19.2 Å². The number of hydrogen-bond acceptors (Lipinski definition) is 3. The lowest BCUT2D eigenvalue weighted by Gasteiger charge is -2.14. The minimum Gasteiger partial charge on any atom is -0.389 e. The molecule has 1 aromatic rings. The van der Waals surface area contributed by atoms with Crippen LogP contribution < -0.4 is 5.32 Å². The van der Waals surface area contributed by atoms with Crippen LogP contribution in [0.3, 0.4) is 0 Å². The highest BCUT2D eigenvalue weighted by Crippen LogP contribution is 2.13. The summed E-state index contributed by atoms with van der Waals surface area (Å²) in [6, 6.07) is 4.79. The smallest absolute Gasteiger partial charge is 0.126 e. The van der Waals surface area contributed by atoms with E-state index in [4.69, 9.17) is 4.74 Å². The Hall–Kier alpha value is -1.13. The highest BCUT2D eigenvalue weighted by molar-refractivity contribution is 5.45. The molecule has 1 aromatic carbocycles. The normalized spacial score (nSPS) is 12.8. The summed E-state index contributed by atoms with van der Waals surface area (Å²) in [6.45, 7) is 7.18. The minimum atomic E-state index is -0.561. The van der Waals surface area contributed by atoms with E-state index in [1.807, 2.05) is 0 Å². The Morgan fingerprint density at radius 3 is 2.67 bits per heavy atom. The fourth-order valence-corrected chi connectivity index (χ4v) is 1.49. The van der Waals surface area contributed by atoms with E-state index in [1.165, 1.54) is 6.07 Å². The Morgan fingerprint density at radius 1 is 1.33 bits per heavy atom. The molecular weight excluding hydrogens is 233 g/mol. The molecule has 1 rings (SSSR count). The number of rotatable bonds is 7. The third-order valence-corrected chi connectivity index (χ3v) is 2.46. The number of ether oxygens (including phenoxy) is 1. The summed E-state index contributed by atoms with van der Waals surface area (Å²) in [6.07, 6.45) is -0.561. The van der Waals surface area contributed by atoms with Crippen LogP contribution in [-0.4, -0.2) is 31.0 Å². The molecule has 2 N–H and O–H groups in total. The van der Waals surface area contributed by atoms with Gasteiger partial charge in [0.25, 0.3) is 0 Å². The first-order valence-corrected chi connectivity index (χ1v) is 6.25. The zero-order valence-corrected chi connectivity index (χ0v) is 11.2. The van der Waals surface area contributed by atoms with Gasteiger partial charge in [0.05, 0.1) is 12.7 Å². The molecule has 0 aromatic heterocycles. The molecule has 4 heteroatoms. The van der Waals surface area contributed by atoms with E-state index in [1.54, 1.807) is 19.1 Å². The lowest BCUT2D eigenvalue weighted by Crippen LogP contribution is -2.25. The number of anilines is 1. The highest BCUT2D eigenvalue weighted by Gasteiger charge is 2.05. The summed E-state index contributed by atoms with van der Waals surface area (Å²) in [4.78, 5) is 0. The monoisotopic (exact) mass is 255 g/mol. The number of halogens is 1. The SMILES string of the molecule is Cc1cc(NCC(O)COCC(C)C)ccc1F. The van der Waals surface area contributed by atoms with Crippen LogP contribution >= 0.6 is 0 Å². The van der Waals surface area contributed by atoms with E-state index in [-0.39, 0.29) is 5.82 Å². The molecule has 0 aliphatic carbocycles. The van der Waals surface area contributed by atoms with Crippen molar-refractivity contribution in [2.45, 2.75) is 26.9 Å². The van der Waals surface area contributed by atoms with Gasteiger partial charge >= 0.3 is 0 Å². The lowest BCUT2D eigenvalue weighted by molar-refractivity contribution is 0.0318. The largest absolute Gasteiger partial charge is 0.389 e. The first-order valence-electron chi connectivity index (χ1n) is 6.25. The van der Waals surface area contributed by atoms with Crippen molar-refractivity contribution in [3.63, 3.8) is 0 Å². The van der Waals surface area contributed by atoms with Crippen LogP contribution in [0.4, 0.5) is 10.1 Å². The molecule has 3 nitrogen and oxygen atoms in total. The molecule has 0 aliphatic rings. The van der Waals surface area contributed by atoms with E-state index in [9.17, 15) is 9.50 Å². The van der Waals surface area contributed by atoms with Gasteiger partial charge in [0.1, 0.15) is 5.82 Å². The maximum atomic E-state index is 13.0. The third-order valence-electron chi connectivity index (χ3n) is 2.46. The fraction of sp³-hybridized carbons (Fsp3) is 0.571. The van der Waals surface area contributed by atoms with Crippen LogP contribution in [0.1, 0.15) is 19.4 Å². The van der Waals surface area contributed by atoms with Gasteiger partial charge < -0.3 is 15.2 Å². The Labute approximate surface area is 108 Å². The highest BCUT2D eigenvalue weighted by atomic mass is 19.1. The number of hydrogen-bond donors (Lipinski definition) is 2. The summed E-state index contributed by atoms with van der Waals surface area (Å²) in [5.74, 6) is 0.242. The fourth-order valence-electron chi connectivity index (χ4n) is 1.49. The standard InChI is InChI=1S/C14H22FNO2/c1-10(2)8-18-9-13(17)7-16-12-4-5-14(15)11(3)6-12/h4-6,10,13,16-17H,7-9H2,1-3H3. The average molecular weight is 255 g/mol. The zero-order chi connectivity index (χ0) is 13.5. The van der Waals surface area contributed by atoms with Gasteiger partial charge in [-0.1, -0.05) is 13.8 Å². The summed E-state index contributed by atoms with van der Waals surface area (Å²) in [5.41, 5.74) is 1.39. The van der Waals surface area contributed by atoms with E-state index >= 15 is 0 Å². The molecule has 0 bridgehead atoms. The second kappa shape index (κ2) is 7.34. The average Bonchev–Trinajstić information content (AvgIpc) is 2.30. The molecule has 1 atom stereocenters. The maximum absolute atomic E-state index is 13.0. The Kier molecular flexibility index (Phi) is 6.09. The molecule has 1 unspecified atom stereocenters. The van der Waals surface area contributed by atoms with Gasteiger partial charge in [0, 0.05) is 18.8 Å². The number of aryl methyl sites for hydroxylation is 1. The van der Waals surface area contributed by atoms with E-state index in [0.717, 1.165) is 5.69 Å². The molecule has 102 valence electrons. The van der Waals surface area contributed by atoms with Crippen molar-refractivity contribution in [1.29, 1.82) is 0 Å². The van der Waals surface area contributed by atoms with Crippen LogP contribution in [-0.2, 0) is 4.74 Å². The molecule has 0 spiro atoms. The van der Waals surface area contributed by atoms with Crippen LogP contribution in [0.15, 0.2) is 18.2 Å². The van der Waals surface area contributed by atoms with Crippen LogP contribution in [0, 0.1) is 18.7 Å². The minimum absolute atomic E-state index is 0.221. The Bertz CT molecular complexity index is 369. The van der Waals surface area contributed by atoms with Crippen molar-refractivity contribution in [2.24, 2.45) is 5.92 Å². The first-order chi connectivity index (χ1) is 8.49. The number of nitrogens with one attached hydrogen (secondary N) is 1.